The molecule has 100 valence electrons. The molecule has 2 nitrogen and oxygen atoms in total. The van der Waals surface area contributed by atoms with Crippen molar-refractivity contribution in [2.75, 3.05) is 19.6 Å². The van der Waals surface area contributed by atoms with Crippen LogP contribution in [0.15, 0.2) is 0 Å². The van der Waals surface area contributed by atoms with Crippen LogP contribution in [0.25, 0.3) is 0 Å². The van der Waals surface area contributed by atoms with Gasteiger partial charge >= 0.3 is 0 Å². The van der Waals surface area contributed by atoms with Crippen LogP contribution in [-0.2, 0) is 0 Å². The maximum absolute atomic E-state index is 3.35. The molecule has 2 heteroatoms. The van der Waals surface area contributed by atoms with Crippen molar-refractivity contribution in [2.24, 2.45) is 5.41 Å². The fourth-order valence-electron chi connectivity index (χ4n) is 3.98. The van der Waals surface area contributed by atoms with Gasteiger partial charge in [-0.2, -0.15) is 0 Å². The summed E-state index contributed by atoms with van der Waals surface area (Å²) in [4.78, 5) is 1.88. The molecule has 0 spiro atoms. The first kappa shape index (κ1) is 13.4. The zero-order valence-electron chi connectivity index (χ0n) is 12.0. The first-order valence-electron chi connectivity index (χ1n) is 7.67. The van der Waals surface area contributed by atoms with E-state index in [0.29, 0.717) is 5.41 Å². The maximum Gasteiger partial charge on any atom is 0.0984 e. The van der Waals surface area contributed by atoms with Gasteiger partial charge in [0.05, 0.1) is 18.6 Å². The number of nitrogens with one attached hydrogen (secondary N) is 2. The van der Waals surface area contributed by atoms with Crippen molar-refractivity contribution < 1.29 is 4.90 Å². The zero-order chi connectivity index (χ0) is 12.3. The molecule has 3 atom stereocenters. The summed E-state index contributed by atoms with van der Waals surface area (Å²) in [6, 6.07) is 1.94. The van der Waals surface area contributed by atoms with Crippen LogP contribution in [0, 0.1) is 5.41 Å². The third-order valence-corrected chi connectivity index (χ3v) is 5.03. The summed E-state index contributed by atoms with van der Waals surface area (Å²) < 4.78 is 0. The van der Waals surface area contributed by atoms with Crippen molar-refractivity contribution in [2.45, 2.75) is 71.4 Å². The fraction of sp³-hybridized carbons (Fsp3) is 1.00. The van der Waals surface area contributed by atoms with Crippen LogP contribution in [0.1, 0.15) is 59.3 Å². The largest absolute Gasteiger partial charge is 0.329 e. The van der Waals surface area contributed by atoms with Gasteiger partial charge in [-0.15, -0.1) is 0 Å². The monoisotopic (exact) mass is 239 g/mol. The Labute approximate surface area is 107 Å². The topological polar surface area (TPSA) is 16.5 Å². The van der Waals surface area contributed by atoms with Crippen molar-refractivity contribution in [1.82, 2.24) is 5.32 Å². The van der Waals surface area contributed by atoms with Gasteiger partial charge in [0.15, 0.2) is 0 Å². The van der Waals surface area contributed by atoms with E-state index in [1.807, 2.05) is 4.90 Å². The van der Waals surface area contributed by atoms with E-state index in [9.17, 15) is 0 Å². The molecule has 0 saturated carbocycles. The van der Waals surface area contributed by atoms with E-state index >= 15 is 0 Å². The first-order chi connectivity index (χ1) is 8.11. The second-order valence-electron chi connectivity index (χ2n) is 6.92. The zero-order valence-corrected chi connectivity index (χ0v) is 12.0. The Bertz CT molecular complexity index is 217. The molecule has 17 heavy (non-hydrogen) atoms. The van der Waals surface area contributed by atoms with Crippen molar-refractivity contribution in [3.63, 3.8) is 0 Å². The Kier molecular flexibility index (Phi) is 4.48. The molecule has 0 radical (unpaired) electrons. The van der Waals surface area contributed by atoms with Crippen molar-refractivity contribution in [3.8, 4) is 0 Å². The predicted octanol–water partition coefficient (Wildman–Crippen LogP) is 1.61. The molecule has 0 aliphatic carbocycles. The van der Waals surface area contributed by atoms with Crippen molar-refractivity contribution in [3.05, 3.63) is 0 Å². The molecule has 3 aliphatic rings. The first-order valence-corrected chi connectivity index (χ1v) is 7.67. The lowest BCUT2D eigenvalue weighted by atomic mass is 9.80. The van der Waals surface area contributed by atoms with Crippen LogP contribution in [0.2, 0.25) is 0 Å². The third-order valence-electron chi connectivity index (χ3n) is 5.03. The van der Waals surface area contributed by atoms with E-state index < -0.39 is 0 Å². The Hall–Kier alpha value is -0.0800. The van der Waals surface area contributed by atoms with Crippen LogP contribution >= 0.6 is 0 Å². The minimum Gasteiger partial charge on any atom is -0.329 e. The lowest BCUT2D eigenvalue weighted by Gasteiger charge is -2.38. The standard InChI is InChI=1S/C9H17N.C6H13N/c1-7-6-9(2,3)8-4-5-10(7)8;1-2-4-6-7-5-3-1/h7-8H,4-6H2,1-3H3;7H,1-6H2/p+1. The average Bonchev–Trinajstić information content (AvgIpc) is 2.42. The van der Waals surface area contributed by atoms with Crippen LogP contribution in [-0.4, -0.2) is 31.7 Å². The van der Waals surface area contributed by atoms with Gasteiger partial charge in [-0.3, -0.25) is 0 Å². The smallest absolute Gasteiger partial charge is 0.0984 e. The van der Waals surface area contributed by atoms with E-state index in [1.54, 1.807) is 0 Å². The molecule has 3 heterocycles. The number of rotatable bonds is 0. The van der Waals surface area contributed by atoms with Gasteiger partial charge in [0.25, 0.3) is 0 Å². The van der Waals surface area contributed by atoms with Gasteiger partial charge in [-0.25, -0.2) is 0 Å². The van der Waals surface area contributed by atoms with Crippen molar-refractivity contribution >= 4 is 0 Å². The number of quaternary nitrogens is 1. The van der Waals surface area contributed by atoms with Gasteiger partial charge in [0.1, 0.15) is 0 Å². The van der Waals surface area contributed by atoms with E-state index in [0.717, 1.165) is 12.1 Å². The molecule has 0 aromatic carbocycles. The third kappa shape index (κ3) is 3.23. The second-order valence-corrected chi connectivity index (χ2v) is 6.92. The molecule has 3 saturated heterocycles. The summed E-state index contributed by atoms with van der Waals surface area (Å²) in [5, 5.41) is 3.35. The van der Waals surface area contributed by atoms with Gasteiger partial charge in [-0.1, -0.05) is 26.7 Å². The molecule has 3 aliphatic heterocycles. The van der Waals surface area contributed by atoms with Gasteiger partial charge in [0, 0.05) is 18.3 Å². The molecule has 3 unspecified atom stereocenters. The molecule has 0 amide bonds. The molecule has 2 N–H and O–H groups in total. The highest BCUT2D eigenvalue weighted by Gasteiger charge is 2.53. The van der Waals surface area contributed by atoms with Crippen LogP contribution in [0.4, 0.5) is 0 Å². The van der Waals surface area contributed by atoms with Crippen LogP contribution in [0.5, 0.6) is 0 Å². The molecule has 0 aromatic heterocycles. The summed E-state index contributed by atoms with van der Waals surface area (Å²) in [5.74, 6) is 0. The Morgan fingerprint density at radius 1 is 1.06 bits per heavy atom. The lowest BCUT2D eigenvalue weighted by molar-refractivity contribution is -0.977. The minimum absolute atomic E-state index is 0.646. The lowest BCUT2D eigenvalue weighted by Crippen LogP contribution is -3.23. The minimum atomic E-state index is 0.646. The van der Waals surface area contributed by atoms with Gasteiger partial charge in [-0.05, 0) is 32.9 Å². The summed E-state index contributed by atoms with van der Waals surface area (Å²) in [6.45, 7) is 11.2. The molecule has 0 bridgehead atoms. The summed E-state index contributed by atoms with van der Waals surface area (Å²) >= 11 is 0. The van der Waals surface area contributed by atoms with E-state index in [-0.39, 0.29) is 0 Å². The highest BCUT2D eigenvalue weighted by atomic mass is 15.3. The number of fused-ring (bicyclic) bond motifs is 1. The second kappa shape index (κ2) is 5.71. The molecular formula is C15H31N2+. The number of hydrogen-bond acceptors (Lipinski definition) is 1. The highest BCUT2D eigenvalue weighted by Crippen LogP contribution is 2.34. The highest BCUT2D eigenvalue weighted by molar-refractivity contribution is 4.89. The molecule has 3 rings (SSSR count). The Balaban J connectivity index is 0.000000136. The normalized spacial score (nSPS) is 39.4. The fourth-order valence-corrected chi connectivity index (χ4v) is 3.98. The SMILES string of the molecule is C1CCCNCC1.CC1CC(C)(C)C2CC[NH+]12. The molecule has 3 fully saturated rings. The van der Waals surface area contributed by atoms with E-state index in [4.69, 9.17) is 0 Å². The summed E-state index contributed by atoms with van der Waals surface area (Å²) in [6.07, 6.45) is 8.57. The number of hydrogen-bond donors (Lipinski definition) is 2. The quantitative estimate of drug-likeness (QED) is 0.656. The Morgan fingerprint density at radius 3 is 2.06 bits per heavy atom. The predicted molar refractivity (Wildman–Crippen MR) is 73.4 cm³/mol. The van der Waals surface area contributed by atoms with E-state index in [2.05, 4.69) is 26.1 Å². The van der Waals surface area contributed by atoms with E-state index in [1.165, 1.54) is 58.2 Å². The van der Waals surface area contributed by atoms with Crippen molar-refractivity contribution in [1.29, 1.82) is 0 Å². The average molecular weight is 239 g/mol. The van der Waals surface area contributed by atoms with Crippen LogP contribution in [0.3, 0.4) is 0 Å². The Morgan fingerprint density at radius 2 is 1.71 bits per heavy atom. The maximum atomic E-state index is 3.35. The molecule has 0 aromatic rings. The summed E-state index contributed by atoms with van der Waals surface area (Å²) in [5.41, 5.74) is 0.646. The summed E-state index contributed by atoms with van der Waals surface area (Å²) in [7, 11) is 0. The van der Waals surface area contributed by atoms with Gasteiger partial charge in [0.2, 0.25) is 0 Å². The molecular weight excluding hydrogens is 208 g/mol. The van der Waals surface area contributed by atoms with Crippen LogP contribution < -0.4 is 10.2 Å². The van der Waals surface area contributed by atoms with Gasteiger partial charge < -0.3 is 10.2 Å².